The second kappa shape index (κ2) is 8.28. The Kier molecular flexibility index (Phi) is 5.68. The Labute approximate surface area is 185 Å². The van der Waals surface area contributed by atoms with Crippen LogP contribution in [0.25, 0.3) is 21.3 Å². The molecule has 2 aromatic heterocycles. The van der Waals surface area contributed by atoms with Gasteiger partial charge in [-0.15, -0.1) is 11.3 Å². The van der Waals surface area contributed by atoms with Crippen molar-refractivity contribution >= 4 is 42.9 Å². The van der Waals surface area contributed by atoms with Gasteiger partial charge in [0, 0.05) is 10.9 Å². The lowest BCUT2D eigenvalue weighted by Crippen LogP contribution is -2.04. The first-order valence-corrected chi connectivity index (χ1v) is 12.5. The Morgan fingerprint density at radius 1 is 1.10 bits per heavy atom. The number of fused-ring (bicyclic) bond motifs is 1. The average molecular weight is 454 g/mol. The van der Waals surface area contributed by atoms with E-state index >= 15 is 0 Å². The molecular formula is C23H23N3O3S2. The molecule has 0 saturated heterocycles. The van der Waals surface area contributed by atoms with Gasteiger partial charge in [0.05, 0.1) is 21.7 Å². The van der Waals surface area contributed by atoms with Crippen LogP contribution in [0.3, 0.4) is 0 Å². The number of thiophene rings is 1. The summed E-state index contributed by atoms with van der Waals surface area (Å²) in [5, 5.41) is 16.3. The molecule has 0 unspecified atom stereocenters. The van der Waals surface area contributed by atoms with E-state index in [1.165, 1.54) is 41.4 Å². The Bertz CT molecular complexity index is 1340. The summed E-state index contributed by atoms with van der Waals surface area (Å²) in [6.45, 7) is 5.90. The summed E-state index contributed by atoms with van der Waals surface area (Å²) < 4.78 is 24.5. The third-order valence-electron chi connectivity index (χ3n) is 5.22. The fraction of sp³-hybridized carbons (Fsp3) is 0.217. The molecule has 0 saturated carbocycles. The third-order valence-corrected chi connectivity index (χ3v) is 7.84. The number of phenolic OH excluding ortho intramolecular Hbond substituents is 1. The minimum atomic E-state index is -3.41. The smallest absolute Gasteiger partial charge is 0.178 e. The minimum absolute atomic E-state index is 0.0178. The van der Waals surface area contributed by atoms with Gasteiger partial charge in [-0.05, 0) is 35.2 Å². The van der Waals surface area contributed by atoms with Crippen LogP contribution in [0.4, 0.5) is 11.5 Å². The molecule has 0 radical (unpaired) electrons. The number of hydrogen-bond acceptors (Lipinski definition) is 7. The molecule has 2 N–H and O–H groups in total. The second-order valence-corrected chi connectivity index (χ2v) is 10.7. The van der Waals surface area contributed by atoms with Crippen LogP contribution in [0.15, 0.2) is 59.1 Å². The van der Waals surface area contributed by atoms with E-state index < -0.39 is 9.84 Å². The normalized spacial score (nSPS) is 11.9. The summed E-state index contributed by atoms with van der Waals surface area (Å²) in [4.78, 5) is 9.71. The number of benzene rings is 2. The van der Waals surface area contributed by atoms with E-state index in [-0.39, 0.29) is 22.1 Å². The molecule has 0 amide bonds. The van der Waals surface area contributed by atoms with Gasteiger partial charge in [-0.3, -0.25) is 0 Å². The van der Waals surface area contributed by atoms with Gasteiger partial charge in [-0.25, -0.2) is 18.4 Å². The van der Waals surface area contributed by atoms with Gasteiger partial charge in [-0.1, -0.05) is 45.0 Å². The van der Waals surface area contributed by atoms with E-state index in [1.54, 1.807) is 6.92 Å². The van der Waals surface area contributed by atoms with Crippen molar-refractivity contribution in [1.29, 1.82) is 0 Å². The standard InChI is InChI=1S/C23H23N3O3S2/c1-4-31(28,29)17-9-10-20(27)19(11-17)26-22-21-18(12-30-23(21)25-13-24-22)16-7-5-15(6-8-16)14(2)3/h5-14,27H,4H2,1-3H3,(H,24,25,26). The fourth-order valence-corrected chi connectivity index (χ4v) is 5.15. The molecule has 2 aromatic carbocycles. The molecule has 0 fully saturated rings. The van der Waals surface area contributed by atoms with E-state index in [9.17, 15) is 13.5 Å². The van der Waals surface area contributed by atoms with Crippen molar-refractivity contribution in [3.8, 4) is 16.9 Å². The number of aromatic hydroxyl groups is 1. The monoisotopic (exact) mass is 453 g/mol. The number of anilines is 2. The molecule has 2 heterocycles. The van der Waals surface area contributed by atoms with Gasteiger partial charge in [0.1, 0.15) is 22.7 Å². The number of aromatic nitrogens is 2. The summed E-state index contributed by atoms with van der Waals surface area (Å²) in [5.41, 5.74) is 3.56. The van der Waals surface area contributed by atoms with Crippen LogP contribution in [0.1, 0.15) is 32.3 Å². The molecule has 4 aromatic rings. The predicted octanol–water partition coefficient (Wildman–Crippen LogP) is 5.72. The van der Waals surface area contributed by atoms with Gasteiger partial charge < -0.3 is 10.4 Å². The highest BCUT2D eigenvalue weighted by atomic mass is 32.2. The van der Waals surface area contributed by atoms with Crippen LogP contribution >= 0.6 is 11.3 Å². The van der Waals surface area contributed by atoms with E-state index in [4.69, 9.17) is 0 Å². The molecular weight excluding hydrogens is 430 g/mol. The summed E-state index contributed by atoms with van der Waals surface area (Å²) in [6.07, 6.45) is 1.45. The molecule has 8 heteroatoms. The van der Waals surface area contributed by atoms with Crippen LogP contribution in [-0.2, 0) is 9.84 Å². The molecule has 6 nitrogen and oxygen atoms in total. The first-order chi connectivity index (χ1) is 14.8. The summed E-state index contributed by atoms with van der Waals surface area (Å²) >= 11 is 1.51. The van der Waals surface area contributed by atoms with Crippen molar-refractivity contribution < 1.29 is 13.5 Å². The highest BCUT2D eigenvalue weighted by Crippen LogP contribution is 2.39. The SMILES string of the molecule is CCS(=O)(=O)c1ccc(O)c(Nc2ncnc3scc(-c4ccc(C(C)C)cc4)c23)c1. The van der Waals surface area contributed by atoms with Crippen LogP contribution in [-0.4, -0.2) is 29.2 Å². The maximum atomic E-state index is 12.3. The third kappa shape index (κ3) is 4.13. The molecule has 0 bridgehead atoms. The lowest BCUT2D eigenvalue weighted by atomic mass is 9.99. The maximum absolute atomic E-state index is 12.3. The number of rotatable bonds is 6. The van der Waals surface area contributed by atoms with E-state index in [0.29, 0.717) is 11.7 Å². The molecule has 0 atom stereocenters. The predicted molar refractivity (Wildman–Crippen MR) is 126 cm³/mol. The zero-order valence-electron chi connectivity index (χ0n) is 17.5. The van der Waals surface area contributed by atoms with Crippen molar-refractivity contribution in [1.82, 2.24) is 9.97 Å². The zero-order chi connectivity index (χ0) is 22.2. The Morgan fingerprint density at radius 2 is 1.84 bits per heavy atom. The number of hydrogen-bond donors (Lipinski definition) is 2. The zero-order valence-corrected chi connectivity index (χ0v) is 19.1. The second-order valence-electron chi connectivity index (χ2n) is 7.54. The first-order valence-electron chi connectivity index (χ1n) is 9.95. The number of phenols is 1. The van der Waals surface area contributed by atoms with Crippen LogP contribution in [0.2, 0.25) is 0 Å². The quantitative estimate of drug-likeness (QED) is 0.363. The lowest BCUT2D eigenvalue weighted by molar-refractivity contribution is 0.477. The van der Waals surface area contributed by atoms with Crippen molar-refractivity contribution in [3.63, 3.8) is 0 Å². The van der Waals surface area contributed by atoms with Crippen molar-refractivity contribution in [2.75, 3.05) is 11.1 Å². The Morgan fingerprint density at radius 3 is 2.52 bits per heavy atom. The summed E-state index contributed by atoms with van der Waals surface area (Å²) in [5.74, 6) is 0.884. The first kappa shape index (κ1) is 21.3. The largest absolute Gasteiger partial charge is 0.506 e. The van der Waals surface area contributed by atoms with Gasteiger partial charge in [0.15, 0.2) is 9.84 Å². The van der Waals surface area contributed by atoms with E-state index in [0.717, 1.165) is 21.3 Å². The van der Waals surface area contributed by atoms with Crippen LogP contribution in [0.5, 0.6) is 5.75 Å². The molecule has 4 rings (SSSR count). The molecule has 0 aliphatic carbocycles. The maximum Gasteiger partial charge on any atom is 0.178 e. The van der Waals surface area contributed by atoms with Gasteiger partial charge in [0.2, 0.25) is 0 Å². The Balaban J connectivity index is 1.80. The Hall–Kier alpha value is -2.97. The van der Waals surface area contributed by atoms with Crippen LogP contribution in [0, 0.1) is 0 Å². The molecule has 160 valence electrons. The van der Waals surface area contributed by atoms with Crippen molar-refractivity contribution in [2.24, 2.45) is 0 Å². The summed E-state index contributed by atoms with van der Waals surface area (Å²) in [7, 11) is -3.41. The fourth-order valence-electron chi connectivity index (χ4n) is 3.33. The number of nitrogens with one attached hydrogen (secondary N) is 1. The molecule has 31 heavy (non-hydrogen) atoms. The number of nitrogens with zero attached hydrogens (tertiary/aromatic N) is 2. The van der Waals surface area contributed by atoms with Crippen molar-refractivity contribution in [2.45, 2.75) is 31.6 Å². The average Bonchev–Trinajstić information content (AvgIpc) is 3.20. The molecule has 0 spiro atoms. The van der Waals surface area contributed by atoms with E-state index in [2.05, 4.69) is 53.4 Å². The molecule has 0 aliphatic heterocycles. The number of sulfone groups is 1. The summed E-state index contributed by atoms with van der Waals surface area (Å²) in [6, 6.07) is 12.6. The van der Waals surface area contributed by atoms with Gasteiger partial charge >= 0.3 is 0 Å². The van der Waals surface area contributed by atoms with Gasteiger partial charge in [-0.2, -0.15) is 0 Å². The molecule has 0 aliphatic rings. The highest BCUT2D eigenvalue weighted by molar-refractivity contribution is 7.91. The lowest BCUT2D eigenvalue weighted by Gasteiger charge is -2.12. The highest BCUT2D eigenvalue weighted by Gasteiger charge is 2.17. The van der Waals surface area contributed by atoms with Crippen LogP contribution < -0.4 is 5.32 Å². The topological polar surface area (TPSA) is 92.2 Å². The van der Waals surface area contributed by atoms with Crippen molar-refractivity contribution in [3.05, 3.63) is 59.7 Å². The van der Waals surface area contributed by atoms with Gasteiger partial charge in [0.25, 0.3) is 0 Å². The minimum Gasteiger partial charge on any atom is -0.506 e. The van der Waals surface area contributed by atoms with E-state index in [1.807, 2.05) is 5.38 Å².